The van der Waals surface area contributed by atoms with Crippen LogP contribution in [0.4, 0.5) is 17.2 Å². The molecule has 1 aliphatic carbocycles. The second-order valence-electron chi connectivity index (χ2n) is 5.75. The average Bonchev–Trinajstić information content (AvgIpc) is 3.22. The number of rotatable bonds is 5. The van der Waals surface area contributed by atoms with E-state index in [0.29, 0.717) is 11.6 Å². The Morgan fingerprint density at radius 3 is 2.91 bits per heavy atom. The van der Waals surface area contributed by atoms with Gasteiger partial charge in [0.2, 0.25) is 0 Å². The number of aromatic nitrogens is 2. The molecule has 116 valence electrons. The monoisotopic (exact) mass is 324 g/mol. The van der Waals surface area contributed by atoms with E-state index < -0.39 is 0 Å². The lowest BCUT2D eigenvalue weighted by molar-refractivity contribution is 0.101. The van der Waals surface area contributed by atoms with E-state index in [1.165, 1.54) is 0 Å². The Balaban J connectivity index is 1.63. The van der Waals surface area contributed by atoms with E-state index in [1.807, 2.05) is 23.7 Å². The average molecular weight is 324 g/mol. The van der Waals surface area contributed by atoms with Crippen molar-refractivity contribution in [2.45, 2.75) is 25.8 Å². The minimum atomic E-state index is 0.0262. The Bertz CT molecular complexity index is 885. The number of hydrogen-bond donors (Lipinski definition) is 2. The lowest BCUT2D eigenvalue weighted by Crippen LogP contribution is -2.08. The molecule has 3 aromatic rings. The van der Waals surface area contributed by atoms with Crippen molar-refractivity contribution in [3.8, 4) is 0 Å². The molecular formula is C17H16N4OS. The van der Waals surface area contributed by atoms with Gasteiger partial charge in [-0.25, -0.2) is 9.97 Å². The SMILES string of the molecule is CC(=O)c1cnc(Nc2ccc3ncsc3c2)cc1NC1CC1. The molecule has 1 aromatic carbocycles. The summed E-state index contributed by atoms with van der Waals surface area (Å²) in [6.07, 6.45) is 3.95. The fraction of sp³-hybridized carbons (Fsp3) is 0.235. The van der Waals surface area contributed by atoms with Gasteiger partial charge in [0.25, 0.3) is 0 Å². The first kappa shape index (κ1) is 14.1. The molecular weight excluding hydrogens is 308 g/mol. The Morgan fingerprint density at radius 2 is 2.13 bits per heavy atom. The van der Waals surface area contributed by atoms with E-state index in [0.717, 1.165) is 40.3 Å². The van der Waals surface area contributed by atoms with Crippen LogP contribution in [0.5, 0.6) is 0 Å². The maximum Gasteiger partial charge on any atom is 0.163 e. The summed E-state index contributed by atoms with van der Waals surface area (Å²) in [5, 5.41) is 6.71. The van der Waals surface area contributed by atoms with Crippen molar-refractivity contribution in [1.29, 1.82) is 0 Å². The molecule has 0 spiro atoms. The Kier molecular flexibility index (Phi) is 3.46. The highest BCUT2D eigenvalue weighted by molar-refractivity contribution is 7.16. The van der Waals surface area contributed by atoms with Crippen molar-refractivity contribution >= 4 is 44.5 Å². The summed E-state index contributed by atoms with van der Waals surface area (Å²) in [6.45, 7) is 1.57. The molecule has 0 saturated heterocycles. The smallest absolute Gasteiger partial charge is 0.163 e. The van der Waals surface area contributed by atoms with E-state index in [-0.39, 0.29) is 5.78 Å². The van der Waals surface area contributed by atoms with Gasteiger partial charge < -0.3 is 10.6 Å². The van der Waals surface area contributed by atoms with Crippen molar-refractivity contribution < 1.29 is 4.79 Å². The van der Waals surface area contributed by atoms with Gasteiger partial charge in [-0.3, -0.25) is 4.79 Å². The van der Waals surface area contributed by atoms with E-state index in [9.17, 15) is 4.79 Å². The van der Waals surface area contributed by atoms with Crippen molar-refractivity contribution in [2.75, 3.05) is 10.6 Å². The number of carbonyl (C=O) groups excluding carboxylic acids is 1. The fourth-order valence-corrected chi connectivity index (χ4v) is 3.17. The molecule has 6 heteroatoms. The largest absolute Gasteiger partial charge is 0.382 e. The molecule has 0 radical (unpaired) electrons. The van der Waals surface area contributed by atoms with Gasteiger partial charge in [-0.05, 0) is 38.0 Å². The molecule has 0 unspecified atom stereocenters. The molecule has 2 N–H and O–H groups in total. The van der Waals surface area contributed by atoms with Gasteiger partial charge in [0.15, 0.2) is 5.78 Å². The zero-order valence-electron chi connectivity index (χ0n) is 12.7. The maximum absolute atomic E-state index is 11.7. The lowest BCUT2D eigenvalue weighted by atomic mass is 10.1. The van der Waals surface area contributed by atoms with Crippen LogP contribution in [0.2, 0.25) is 0 Å². The van der Waals surface area contributed by atoms with Gasteiger partial charge in [0, 0.05) is 24.0 Å². The molecule has 1 aliphatic rings. The molecule has 2 heterocycles. The van der Waals surface area contributed by atoms with Gasteiger partial charge in [0.05, 0.1) is 27.0 Å². The second-order valence-corrected chi connectivity index (χ2v) is 6.64. The molecule has 1 fully saturated rings. The predicted molar refractivity (Wildman–Crippen MR) is 93.8 cm³/mol. The third-order valence-corrected chi connectivity index (χ3v) is 4.62. The Morgan fingerprint density at radius 1 is 1.26 bits per heavy atom. The van der Waals surface area contributed by atoms with Gasteiger partial charge in [0.1, 0.15) is 5.82 Å². The molecule has 0 aliphatic heterocycles. The molecule has 23 heavy (non-hydrogen) atoms. The molecule has 5 nitrogen and oxygen atoms in total. The summed E-state index contributed by atoms with van der Waals surface area (Å²) in [5.74, 6) is 0.750. The van der Waals surface area contributed by atoms with Crippen LogP contribution in [-0.2, 0) is 0 Å². The molecule has 0 bridgehead atoms. The molecule has 0 amide bonds. The first-order chi connectivity index (χ1) is 11.2. The summed E-state index contributed by atoms with van der Waals surface area (Å²) in [6, 6.07) is 8.42. The summed E-state index contributed by atoms with van der Waals surface area (Å²) in [7, 11) is 0. The predicted octanol–water partition coefficient (Wildman–Crippen LogP) is 4.21. The van der Waals surface area contributed by atoms with Crippen LogP contribution in [0.25, 0.3) is 10.2 Å². The zero-order valence-corrected chi connectivity index (χ0v) is 13.5. The van der Waals surface area contributed by atoms with Crippen LogP contribution in [0.15, 0.2) is 36.0 Å². The van der Waals surface area contributed by atoms with Crippen molar-refractivity contribution in [1.82, 2.24) is 9.97 Å². The van der Waals surface area contributed by atoms with Crippen LogP contribution in [-0.4, -0.2) is 21.8 Å². The van der Waals surface area contributed by atoms with Crippen molar-refractivity contribution in [3.05, 3.63) is 41.5 Å². The van der Waals surface area contributed by atoms with Crippen LogP contribution in [0, 0.1) is 0 Å². The van der Waals surface area contributed by atoms with E-state index >= 15 is 0 Å². The highest BCUT2D eigenvalue weighted by Gasteiger charge is 2.23. The summed E-state index contributed by atoms with van der Waals surface area (Å²) < 4.78 is 1.13. The first-order valence-corrected chi connectivity index (χ1v) is 8.45. The molecule has 2 aromatic heterocycles. The molecule has 1 saturated carbocycles. The van der Waals surface area contributed by atoms with Crippen LogP contribution in [0.3, 0.4) is 0 Å². The summed E-state index contributed by atoms with van der Waals surface area (Å²) in [4.78, 5) is 20.4. The van der Waals surface area contributed by atoms with Gasteiger partial charge >= 0.3 is 0 Å². The van der Waals surface area contributed by atoms with E-state index in [1.54, 1.807) is 24.5 Å². The number of pyridine rings is 1. The number of nitrogens with one attached hydrogen (secondary N) is 2. The Labute approximate surface area is 137 Å². The lowest BCUT2D eigenvalue weighted by Gasteiger charge is -2.12. The Hall–Kier alpha value is -2.47. The van der Waals surface area contributed by atoms with Crippen molar-refractivity contribution in [3.63, 3.8) is 0 Å². The number of fused-ring (bicyclic) bond motifs is 1. The summed E-state index contributed by atoms with van der Waals surface area (Å²) in [5.41, 5.74) is 5.29. The number of anilines is 3. The van der Waals surface area contributed by atoms with E-state index in [4.69, 9.17) is 0 Å². The van der Waals surface area contributed by atoms with Gasteiger partial charge in [-0.2, -0.15) is 0 Å². The third kappa shape index (κ3) is 3.03. The van der Waals surface area contributed by atoms with Gasteiger partial charge in [-0.1, -0.05) is 0 Å². The number of thiazole rings is 1. The highest BCUT2D eigenvalue weighted by atomic mass is 32.1. The quantitative estimate of drug-likeness (QED) is 0.688. The second kappa shape index (κ2) is 5.62. The topological polar surface area (TPSA) is 66.9 Å². The number of ketones is 1. The van der Waals surface area contributed by atoms with E-state index in [2.05, 4.69) is 26.7 Å². The standard InChI is InChI=1S/C17H16N4OS/c1-10(22)13-8-18-17(7-15(13)20-11-2-3-11)21-12-4-5-14-16(6-12)23-9-19-14/h4-9,11H,2-3H2,1H3,(H2,18,20,21). The minimum Gasteiger partial charge on any atom is -0.382 e. The van der Waals surface area contributed by atoms with Crippen LogP contribution in [0.1, 0.15) is 30.1 Å². The van der Waals surface area contributed by atoms with Crippen molar-refractivity contribution in [2.24, 2.45) is 0 Å². The number of Topliss-reactive ketones (excluding diaryl/α,β-unsaturated/α-hetero) is 1. The third-order valence-electron chi connectivity index (χ3n) is 3.82. The molecule has 4 rings (SSSR count). The fourth-order valence-electron chi connectivity index (χ4n) is 2.45. The normalized spacial score (nSPS) is 14.0. The molecule has 0 atom stereocenters. The number of nitrogens with zero attached hydrogens (tertiary/aromatic N) is 2. The number of benzene rings is 1. The van der Waals surface area contributed by atoms with Gasteiger partial charge in [-0.15, -0.1) is 11.3 Å². The first-order valence-electron chi connectivity index (χ1n) is 7.57. The maximum atomic E-state index is 11.7. The summed E-state index contributed by atoms with van der Waals surface area (Å²) >= 11 is 1.61. The van der Waals surface area contributed by atoms with Crippen LogP contribution >= 0.6 is 11.3 Å². The highest BCUT2D eigenvalue weighted by Crippen LogP contribution is 2.29. The number of carbonyl (C=O) groups is 1. The number of hydrogen-bond acceptors (Lipinski definition) is 6. The zero-order chi connectivity index (χ0) is 15.8. The minimum absolute atomic E-state index is 0.0262. The van der Waals surface area contributed by atoms with Crippen LogP contribution < -0.4 is 10.6 Å².